The third-order valence-electron chi connectivity index (χ3n) is 2.37. The van der Waals surface area contributed by atoms with E-state index in [1.807, 2.05) is 20.8 Å². The van der Waals surface area contributed by atoms with Crippen LogP contribution in [0.15, 0.2) is 0 Å². The Morgan fingerprint density at radius 3 is 2.29 bits per heavy atom. The molecule has 0 aromatic carbocycles. The van der Waals surface area contributed by atoms with Crippen LogP contribution in [0.3, 0.4) is 0 Å². The van der Waals surface area contributed by atoms with E-state index in [2.05, 4.69) is 5.92 Å². The third-order valence-corrected chi connectivity index (χ3v) is 2.37. The normalized spacial score (nSPS) is 10.7. The van der Waals surface area contributed by atoms with E-state index in [0.717, 1.165) is 6.42 Å². The molecule has 4 heteroatoms. The van der Waals surface area contributed by atoms with E-state index in [1.165, 1.54) is 4.90 Å². The second kappa shape index (κ2) is 6.95. The van der Waals surface area contributed by atoms with Crippen molar-refractivity contribution in [2.24, 2.45) is 0 Å². The van der Waals surface area contributed by atoms with Crippen molar-refractivity contribution in [2.75, 3.05) is 6.54 Å². The summed E-state index contributed by atoms with van der Waals surface area (Å²) in [5, 5.41) is 8.79. The van der Waals surface area contributed by atoms with Crippen molar-refractivity contribution < 1.29 is 14.7 Å². The van der Waals surface area contributed by atoms with Gasteiger partial charge in [0.05, 0.1) is 0 Å². The maximum atomic E-state index is 11.9. The summed E-state index contributed by atoms with van der Waals surface area (Å²) in [7, 11) is 0. The molecule has 1 amide bonds. The molecule has 4 nitrogen and oxygen atoms in total. The van der Waals surface area contributed by atoms with Gasteiger partial charge >= 0.3 is 5.97 Å². The topological polar surface area (TPSA) is 57.6 Å². The Morgan fingerprint density at radius 2 is 1.88 bits per heavy atom. The van der Waals surface area contributed by atoms with Crippen LogP contribution in [0.1, 0.15) is 46.5 Å². The van der Waals surface area contributed by atoms with Gasteiger partial charge in [-0.25, -0.2) is 0 Å². The molecule has 0 saturated heterocycles. The molecule has 0 saturated carbocycles. The lowest BCUT2D eigenvalue weighted by Crippen LogP contribution is -2.48. The monoisotopic (exact) mass is 239 g/mol. The fraction of sp³-hybridized carbons (Fsp3) is 0.692. The first kappa shape index (κ1) is 15.5. The average molecular weight is 239 g/mol. The molecule has 0 aliphatic carbocycles. The molecular weight excluding hydrogens is 218 g/mol. The van der Waals surface area contributed by atoms with Gasteiger partial charge < -0.3 is 10.0 Å². The largest absolute Gasteiger partial charge is 0.480 e. The molecule has 0 unspecified atom stereocenters. The number of carboxylic acid groups (broad SMARTS) is 1. The molecule has 1 N–H and O–H groups in total. The summed E-state index contributed by atoms with van der Waals surface area (Å²) >= 11 is 0. The molecule has 17 heavy (non-hydrogen) atoms. The lowest BCUT2D eigenvalue weighted by molar-refractivity contribution is -0.148. The summed E-state index contributed by atoms with van der Waals surface area (Å²) in [6.07, 6.45) is 7.63. The Morgan fingerprint density at radius 1 is 1.29 bits per heavy atom. The molecule has 0 heterocycles. The highest BCUT2D eigenvalue weighted by atomic mass is 16.4. The van der Waals surface area contributed by atoms with Crippen LogP contribution in [0.4, 0.5) is 0 Å². The Balaban J connectivity index is 4.35. The molecule has 0 aromatic heterocycles. The summed E-state index contributed by atoms with van der Waals surface area (Å²) in [6, 6.07) is 0. The molecule has 0 atom stereocenters. The van der Waals surface area contributed by atoms with Gasteiger partial charge in [0, 0.05) is 18.4 Å². The number of carbonyl (C=O) groups is 2. The molecule has 0 fully saturated rings. The van der Waals surface area contributed by atoms with E-state index in [9.17, 15) is 9.59 Å². The van der Waals surface area contributed by atoms with Crippen LogP contribution in [0, 0.1) is 12.3 Å². The summed E-state index contributed by atoms with van der Waals surface area (Å²) in [4.78, 5) is 24.0. The Bertz CT molecular complexity index is 310. The number of amides is 1. The van der Waals surface area contributed by atoms with Gasteiger partial charge in [0.2, 0.25) is 5.91 Å². The van der Waals surface area contributed by atoms with E-state index in [4.69, 9.17) is 11.5 Å². The number of aliphatic carboxylic acids is 1. The number of unbranched alkanes of at least 4 members (excludes halogenated alkanes) is 2. The molecule has 0 aliphatic heterocycles. The van der Waals surface area contributed by atoms with Gasteiger partial charge in [0.25, 0.3) is 0 Å². The summed E-state index contributed by atoms with van der Waals surface area (Å²) in [6.45, 7) is 5.23. The van der Waals surface area contributed by atoms with Crippen molar-refractivity contribution in [3.05, 3.63) is 0 Å². The maximum Gasteiger partial charge on any atom is 0.323 e. The van der Waals surface area contributed by atoms with E-state index < -0.39 is 11.5 Å². The van der Waals surface area contributed by atoms with Crippen LogP contribution in [0.5, 0.6) is 0 Å². The lowest BCUT2D eigenvalue weighted by atomic mass is 10.0. The van der Waals surface area contributed by atoms with Crippen LogP contribution in [0.25, 0.3) is 0 Å². The van der Waals surface area contributed by atoms with Crippen molar-refractivity contribution in [1.82, 2.24) is 4.90 Å². The zero-order chi connectivity index (χ0) is 13.5. The van der Waals surface area contributed by atoms with E-state index >= 15 is 0 Å². The SMILES string of the molecule is C#CCCCCC(=O)N(CC(=O)O)C(C)(C)C. The number of carbonyl (C=O) groups excluding carboxylic acids is 1. The number of carboxylic acids is 1. The van der Waals surface area contributed by atoms with Gasteiger partial charge in [-0.3, -0.25) is 9.59 Å². The summed E-state index contributed by atoms with van der Waals surface area (Å²) in [5.41, 5.74) is -0.471. The minimum absolute atomic E-state index is 0.128. The van der Waals surface area contributed by atoms with Crippen LogP contribution < -0.4 is 0 Å². The molecule has 0 bridgehead atoms. The number of terminal acetylenes is 1. The molecule has 0 aromatic rings. The van der Waals surface area contributed by atoms with E-state index in [0.29, 0.717) is 19.3 Å². The minimum Gasteiger partial charge on any atom is -0.480 e. The molecule has 0 aliphatic rings. The maximum absolute atomic E-state index is 11.9. The number of hydrogen-bond acceptors (Lipinski definition) is 2. The molecular formula is C13H21NO3. The summed E-state index contributed by atoms with van der Waals surface area (Å²) in [5.74, 6) is 1.40. The lowest BCUT2D eigenvalue weighted by Gasteiger charge is -2.34. The standard InChI is InChI=1S/C13H21NO3/c1-5-6-7-8-9-11(15)14(10-12(16)17)13(2,3)4/h1H,6-10H2,2-4H3,(H,16,17). The highest BCUT2D eigenvalue weighted by Gasteiger charge is 2.27. The smallest absolute Gasteiger partial charge is 0.323 e. The number of rotatable bonds is 6. The van der Waals surface area contributed by atoms with Crippen molar-refractivity contribution in [2.45, 2.75) is 52.0 Å². The first-order valence-corrected chi connectivity index (χ1v) is 5.74. The van der Waals surface area contributed by atoms with Crippen LogP contribution in [0.2, 0.25) is 0 Å². The van der Waals surface area contributed by atoms with Crippen LogP contribution in [-0.4, -0.2) is 34.0 Å². The fourth-order valence-corrected chi connectivity index (χ4v) is 1.47. The van der Waals surface area contributed by atoms with Gasteiger partial charge in [-0.2, -0.15) is 0 Å². The Hall–Kier alpha value is -1.50. The highest BCUT2D eigenvalue weighted by Crippen LogP contribution is 2.15. The molecule has 0 spiro atoms. The molecule has 96 valence electrons. The van der Waals surface area contributed by atoms with Crippen molar-refractivity contribution >= 4 is 11.9 Å². The quantitative estimate of drug-likeness (QED) is 0.569. The zero-order valence-corrected chi connectivity index (χ0v) is 10.8. The van der Waals surface area contributed by atoms with Gasteiger partial charge in [-0.15, -0.1) is 12.3 Å². The Kier molecular flexibility index (Phi) is 6.34. The van der Waals surface area contributed by atoms with Crippen LogP contribution >= 0.6 is 0 Å². The van der Waals surface area contributed by atoms with Crippen molar-refractivity contribution in [1.29, 1.82) is 0 Å². The van der Waals surface area contributed by atoms with E-state index in [1.54, 1.807) is 0 Å². The first-order chi connectivity index (χ1) is 7.79. The van der Waals surface area contributed by atoms with Gasteiger partial charge in [0.1, 0.15) is 6.54 Å². The predicted molar refractivity (Wildman–Crippen MR) is 66.4 cm³/mol. The van der Waals surface area contributed by atoms with E-state index in [-0.39, 0.29) is 12.5 Å². The zero-order valence-electron chi connectivity index (χ0n) is 10.8. The van der Waals surface area contributed by atoms with Gasteiger partial charge in [0.15, 0.2) is 0 Å². The van der Waals surface area contributed by atoms with Gasteiger partial charge in [-0.1, -0.05) is 0 Å². The number of hydrogen-bond donors (Lipinski definition) is 1. The fourth-order valence-electron chi connectivity index (χ4n) is 1.47. The summed E-state index contributed by atoms with van der Waals surface area (Å²) < 4.78 is 0. The minimum atomic E-state index is -0.989. The predicted octanol–water partition coefficient (Wildman–Crippen LogP) is 1.89. The third kappa shape index (κ3) is 6.62. The van der Waals surface area contributed by atoms with Crippen LogP contribution in [-0.2, 0) is 9.59 Å². The average Bonchev–Trinajstić information content (AvgIpc) is 2.19. The second-order valence-electron chi connectivity index (χ2n) is 4.96. The Labute approximate surface area is 103 Å². The molecule has 0 radical (unpaired) electrons. The van der Waals surface area contributed by atoms with Gasteiger partial charge in [-0.05, 0) is 33.6 Å². The number of nitrogens with zero attached hydrogens (tertiary/aromatic N) is 1. The molecule has 0 rings (SSSR count). The van der Waals surface area contributed by atoms with Crippen molar-refractivity contribution in [3.8, 4) is 12.3 Å². The first-order valence-electron chi connectivity index (χ1n) is 5.74. The van der Waals surface area contributed by atoms with Crippen molar-refractivity contribution in [3.63, 3.8) is 0 Å². The highest BCUT2D eigenvalue weighted by molar-refractivity contribution is 5.82. The second-order valence-corrected chi connectivity index (χ2v) is 4.96.